The molecule has 1 aromatic carbocycles. The first-order chi connectivity index (χ1) is 6.29. The third-order valence-corrected chi connectivity index (χ3v) is 1.67. The van der Waals surface area contributed by atoms with Gasteiger partial charge in [0.05, 0.1) is 13.7 Å². The minimum atomic E-state index is 0.0326. The van der Waals surface area contributed by atoms with Crippen LogP contribution < -0.4 is 4.74 Å². The maximum atomic E-state index is 8.89. The van der Waals surface area contributed by atoms with Crippen LogP contribution in [0.1, 0.15) is 25.0 Å². The van der Waals surface area contributed by atoms with Crippen LogP contribution in [0.25, 0.3) is 0 Å². The maximum Gasteiger partial charge on any atom is 0.127 e. The van der Waals surface area contributed by atoms with Crippen LogP contribution in [0.2, 0.25) is 0 Å². The second kappa shape index (κ2) is 6.49. The lowest BCUT2D eigenvalue weighted by molar-refractivity contribution is 0.273. The molecule has 0 heterocycles. The third kappa shape index (κ3) is 3.07. The van der Waals surface area contributed by atoms with Gasteiger partial charge in [0.15, 0.2) is 0 Å². The molecule has 0 unspecified atom stereocenters. The molecule has 74 valence electrons. The molecule has 0 radical (unpaired) electrons. The van der Waals surface area contributed by atoms with Gasteiger partial charge in [-0.25, -0.2) is 0 Å². The van der Waals surface area contributed by atoms with Gasteiger partial charge < -0.3 is 9.84 Å². The molecular weight excluding hydrogens is 164 g/mol. The molecule has 0 saturated carbocycles. The van der Waals surface area contributed by atoms with E-state index in [1.165, 1.54) is 0 Å². The van der Waals surface area contributed by atoms with Crippen LogP contribution in [-0.2, 0) is 6.61 Å². The fourth-order valence-electron chi connectivity index (χ4n) is 1.13. The summed E-state index contributed by atoms with van der Waals surface area (Å²) in [5.74, 6) is 0.787. The maximum absolute atomic E-state index is 8.89. The Morgan fingerprint density at radius 3 is 2.31 bits per heavy atom. The highest BCUT2D eigenvalue weighted by Gasteiger charge is 2.02. The van der Waals surface area contributed by atoms with Crippen molar-refractivity contribution < 1.29 is 9.84 Å². The lowest BCUT2D eigenvalue weighted by Crippen LogP contribution is -1.93. The van der Waals surface area contributed by atoms with E-state index in [1.807, 2.05) is 39.0 Å². The number of aryl methyl sites for hydroxylation is 1. The predicted octanol–water partition coefficient (Wildman–Crippen LogP) is 2.52. The number of hydrogen-bond acceptors (Lipinski definition) is 2. The predicted molar refractivity (Wildman–Crippen MR) is 55.0 cm³/mol. The fraction of sp³-hybridized carbons (Fsp3) is 0.455. The summed E-state index contributed by atoms with van der Waals surface area (Å²) in [7, 11) is 1.61. The normalized spacial score (nSPS) is 8.69. The van der Waals surface area contributed by atoms with E-state index < -0.39 is 0 Å². The van der Waals surface area contributed by atoms with E-state index in [-0.39, 0.29) is 6.61 Å². The van der Waals surface area contributed by atoms with E-state index in [0.29, 0.717) is 0 Å². The van der Waals surface area contributed by atoms with Crippen LogP contribution in [-0.4, -0.2) is 12.2 Å². The first kappa shape index (κ1) is 12.0. The summed E-state index contributed by atoms with van der Waals surface area (Å²) in [5.41, 5.74) is 1.89. The molecule has 13 heavy (non-hydrogen) atoms. The molecule has 0 aromatic heterocycles. The number of aliphatic hydroxyl groups is 1. The monoisotopic (exact) mass is 182 g/mol. The van der Waals surface area contributed by atoms with Gasteiger partial charge in [0.1, 0.15) is 5.75 Å². The second-order valence-electron chi connectivity index (χ2n) is 2.43. The van der Waals surface area contributed by atoms with Crippen molar-refractivity contribution in [1.82, 2.24) is 0 Å². The average Bonchev–Trinajstić information content (AvgIpc) is 2.20. The van der Waals surface area contributed by atoms with Gasteiger partial charge in [0, 0.05) is 5.56 Å². The molecule has 0 spiro atoms. The zero-order chi connectivity index (χ0) is 10.3. The van der Waals surface area contributed by atoms with Gasteiger partial charge in [-0.3, -0.25) is 0 Å². The Bertz CT molecular complexity index is 244. The van der Waals surface area contributed by atoms with Gasteiger partial charge in [-0.2, -0.15) is 0 Å². The Labute approximate surface area is 80.2 Å². The van der Waals surface area contributed by atoms with Crippen molar-refractivity contribution in [1.29, 1.82) is 0 Å². The highest BCUT2D eigenvalue weighted by atomic mass is 16.5. The summed E-state index contributed by atoms with van der Waals surface area (Å²) >= 11 is 0. The lowest BCUT2D eigenvalue weighted by Gasteiger charge is -2.07. The Kier molecular flexibility index (Phi) is 5.98. The van der Waals surface area contributed by atoms with Crippen molar-refractivity contribution in [2.75, 3.05) is 7.11 Å². The first-order valence-corrected chi connectivity index (χ1v) is 4.53. The minimum absolute atomic E-state index is 0.0326. The van der Waals surface area contributed by atoms with E-state index in [1.54, 1.807) is 7.11 Å². The standard InChI is InChI=1S/C9H12O2.C2H6/c1-7-4-3-5-8(6-10)9(7)11-2;1-2/h3-5,10H,6H2,1-2H3;1-2H3. The zero-order valence-corrected chi connectivity index (χ0v) is 8.79. The van der Waals surface area contributed by atoms with Gasteiger partial charge in [-0.1, -0.05) is 32.0 Å². The van der Waals surface area contributed by atoms with E-state index in [9.17, 15) is 0 Å². The van der Waals surface area contributed by atoms with Crippen molar-refractivity contribution >= 4 is 0 Å². The highest BCUT2D eigenvalue weighted by Crippen LogP contribution is 2.22. The molecule has 1 N–H and O–H groups in total. The molecule has 0 saturated heterocycles. The van der Waals surface area contributed by atoms with Crippen LogP contribution in [0.4, 0.5) is 0 Å². The second-order valence-corrected chi connectivity index (χ2v) is 2.43. The SMILES string of the molecule is CC.COc1c(C)cccc1CO. The Balaban J connectivity index is 0.000000671. The first-order valence-electron chi connectivity index (χ1n) is 4.53. The smallest absolute Gasteiger partial charge is 0.127 e. The minimum Gasteiger partial charge on any atom is -0.496 e. The molecule has 1 aromatic rings. The number of methoxy groups -OCH3 is 1. The molecule has 0 aliphatic heterocycles. The van der Waals surface area contributed by atoms with Crippen molar-refractivity contribution in [2.24, 2.45) is 0 Å². The van der Waals surface area contributed by atoms with Crippen LogP contribution in [0.3, 0.4) is 0 Å². The summed E-state index contributed by atoms with van der Waals surface area (Å²) in [6.07, 6.45) is 0. The lowest BCUT2D eigenvalue weighted by atomic mass is 10.1. The van der Waals surface area contributed by atoms with Crippen LogP contribution in [0, 0.1) is 6.92 Å². The molecule has 0 fully saturated rings. The Hall–Kier alpha value is -1.02. The van der Waals surface area contributed by atoms with Gasteiger partial charge in [-0.05, 0) is 12.5 Å². The van der Waals surface area contributed by atoms with Crippen molar-refractivity contribution in [3.63, 3.8) is 0 Å². The number of para-hydroxylation sites is 1. The van der Waals surface area contributed by atoms with Crippen molar-refractivity contribution in [3.8, 4) is 5.75 Å². The molecule has 0 atom stereocenters. The van der Waals surface area contributed by atoms with E-state index in [4.69, 9.17) is 9.84 Å². The quantitative estimate of drug-likeness (QED) is 0.761. The average molecular weight is 182 g/mol. The topological polar surface area (TPSA) is 29.5 Å². The number of ether oxygens (including phenoxy) is 1. The molecule has 1 rings (SSSR count). The van der Waals surface area contributed by atoms with Gasteiger partial charge in [0.25, 0.3) is 0 Å². The van der Waals surface area contributed by atoms with Gasteiger partial charge in [0.2, 0.25) is 0 Å². The Morgan fingerprint density at radius 2 is 1.92 bits per heavy atom. The Morgan fingerprint density at radius 1 is 1.31 bits per heavy atom. The van der Waals surface area contributed by atoms with Crippen molar-refractivity contribution in [3.05, 3.63) is 29.3 Å². The molecule has 0 aliphatic rings. The molecular formula is C11H18O2. The van der Waals surface area contributed by atoms with Crippen molar-refractivity contribution in [2.45, 2.75) is 27.4 Å². The molecule has 2 heteroatoms. The number of aliphatic hydroxyl groups excluding tert-OH is 1. The van der Waals surface area contributed by atoms with E-state index >= 15 is 0 Å². The van der Waals surface area contributed by atoms with Crippen LogP contribution in [0.15, 0.2) is 18.2 Å². The molecule has 0 bridgehead atoms. The fourth-order valence-corrected chi connectivity index (χ4v) is 1.13. The van der Waals surface area contributed by atoms with E-state index in [2.05, 4.69) is 0 Å². The summed E-state index contributed by atoms with van der Waals surface area (Å²) in [6.45, 7) is 5.99. The van der Waals surface area contributed by atoms with Crippen LogP contribution >= 0.6 is 0 Å². The summed E-state index contributed by atoms with van der Waals surface area (Å²) in [5, 5.41) is 8.89. The summed E-state index contributed by atoms with van der Waals surface area (Å²) < 4.78 is 5.11. The molecule has 0 aliphatic carbocycles. The number of benzene rings is 1. The third-order valence-electron chi connectivity index (χ3n) is 1.67. The molecule has 0 amide bonds. The highest BCUT2D eigenvalue weighted by molar-refractivity contribution is 5.40. The van der Waals surface area contributed by atoms with Gasteiger partial charge in [-0.15, -0.1) is 0 Å². The van der Waals surface area contributed by atoms with E-state index in [0.717, 1.165) is 16.9 Å². The number of hydrogen-bond donors (Lipinski definition) is 1. The molecule has 2 nitrogen and oxygen atoms in total. The van der Waals surface area contributed by atoms with Crippen LogP contribution in [0.5, 0.6) is 5.75 Å². The zero-order valence-electron chi connectivity index (χ0n) is 8.79. The largest absolute Gasteiger partial charge is 0.496 e. The van der Waals surface area contributed by atoms with Gasteiger partial charge >= 0.3 is 0 Å². The number of rotatable bonds is 2. The summed E-state index contributed by atoms with van der Waals surface area (Å²) in [4.78, 5) is 0. The summed E-state index contributed by atoms with van der Waals surface area (Å²) in [6, 6.07) is 5.72.